The lowest BCUT2D eigenvalue weighted by Crippen LogP contribution is -2.11. The van der Waals surface area contributed by atoms with Gasteiger partial charge in [0.1, 0.15) is 9.71 Å². The summed E-state index contributed by atoms with van der Waals surface area (Å²) in [5, 5.41) is 11.9. The van der Waals surface area contributed by atoms with Crippen molar-refractivity contribution in [3.8, 4) is 0 Å². The molecule has 0 unspecified atom stereocenters. The van der Waals surface area contributed by atoms with E-state index in [4.69, 9.17) is 17.3 Å². The molecular formula is C13H9ClN4OS. The van der Waals surface area contributed by atoms with Crippen LogP contribution < -0.4 is 11.1 Å². The smallest absolute Gasteiger partial charge is 0.267 e. The van der Waals surface area contributed by atoms with E-state index in [1.807, 2.05) is 0 Å². The molecule has 0 atom stereocenters. The van der Waals surface area contributed by atoms with Gasteiger partial charge in [0.15, 0.2) is 0 Å². The minimum atomic E-state index is -0.271. The zero-order valence-corrected chi connectivity index (χ0v) is 11.7. The van der Waals surface area contributed by atoms with Crippen LogP contribution in [0.3, 0.4) is 0 Å². The molecule has 1 amide bonds. The molecule has 5 nitrogen and oxygen atoms in total. The molecule has 0 radical (unpaired) electrons. The van der Waals surface area contributed by atoms with Gasteiger partial charge in [-0.2, -0.15) is 5.10 Å². The number of thiophene rings is 1. The molecule has 7 heteroatoms. The first-order valence-corrected chi connectivity index (χ1v) is 6.91. The first-order chi connectivity index (χ1) is 9.65. The van der Waals surface area contributed by atoms with E-state index in [9.17, 15) is 4.79 Å². The van der Waals surface area contributed by atoms with E-state index in [1.54, 1.807) is 36.5 Å². The molecule has 100 valence electrons. The van der Waals surface area contributed by atoms with Gasteiger partial charge in [0, 0.05) is 16.1 Å². The number of fused-ring (bicyclic) bond motifs is 1. The topological polar surface area (TPSA) is 80.9 Å². The van der Waals surface area contributed by atoms with Crippen molar-refractivity contribution in [2.75, 3.05) is 11.1 Å². The number of hydrogen-bond donors (Lipinski definition) is 2. The van der Waals surface area contributed by atoms with Gasteiger partial charge in [0.05, 0.1) is 11.9 Å². The number of benzene rings is 1. The summed E-state index contributed by atoms with van der Waals surface area (Å²) in [5.41, 5.74) is 7.06. The predicted octanol–water partition coefficient (Wildman–Crippen LogP) is 3.18. The highest BCUT2D eigenvalue weighted by molar-refractivity contribution is 7.21. The number of aromatic nitrogens is 2. The van der Waals surface area contributed by atoms with Gasteiger partial charge in [-0.1, -0.05) is 11.6 Å². The number of nitrogen functional groups attached to an aromatic ring is 1. The standard InChI is InChI=1S/C13H9ClN4OS/c14-7-1-3-8(4-2-7)17-12(19)11-10(15)9-5-6-16-18-13(9)20-11/h1-6H,15H2,(H,17,19). The van der Waals surface area contributed by atoms with Gasteiger partial charge in [0.2, 0.25) is 0 Å². The second-order valence-electron chi connectivity index (χ2n) is 4.06. The molecule has 0 aliphatic rings. The molecule has 0 saturated carbocycles. The fourth-order valence-electron chi connectivity index (χ4n) is 1.76. The third kappa shape index (κ3) is 2.31. The maximum atomic E-state index is 12.2. The summed E-state index contributed by atoms with van der Waals surface area (Å²) < 4.78 is 0. The van der Waals surface area contributed by atoms with Crippen molar-refractivity contribution in [2.45, 2.75) is 0 Å². The molecule has 2 heterocycles. The Morgan fingerprint density at radius 3 is 2.70 bits per heavy atom. The van der Waals surface area contributed by atoms with Crippen LogP contribution in [0, 0.1) is 0 Å². The Kier molecular flexibility index (Phi) is 3.25. The fourth-order valence-corrected chi connectivity index (χ4v) is 2.82. The third-order valence-electron chi connectivity index (χ3n) is 2.73. The quantitative estimate of drug-likeness (QED) is 0.762. The zero-order valence-electron chi connectivity index (χ0n) is 10.1. The summed E-state index contributed by atoms with van der Waals surface area (Å²) in [7, 11) is 0. The van der Waals surface area contributed by atoms with E-state index >= 15 is 0 Å². The summed E-state index contributed by atoms with van der Waals surface area (Å²) >= 11 is 7.02. The number of carbonyl (C=O) groups is 1. The highest BCUT2D eigenvalue weighted by atomic mass is 35.5. The van der Waals surface area contributed by atoms with Crippen molar-refractivity contribution < 1.29 is 4.79 Å². The number of nitrogens with zero attached hydrogens (tertiary/aromatic N) is 2. The van der Waals surface area contributed by atoms with E-state index in [0.29, 0.717) is 26.1 Å². The summed E-state index contributed by atoms with van der Waals surface area (Å²) in [6.45, 7) is 0. The number of hydrogen-bond acceptors (Lipinski definition) is 5. The average Bonchev–Trinajstić information content (AvgIpc) is 2.79. The van der Waals surface area contributed by atoms with Crippen molar-refractivity contribution in [3.63, 3.8) is 0 Å². The lowest BCUT2D eigenvalue weighted by molar-refractivity contribution is 0.103. The molecule has 1 aromatic carbocycles. The lowest BCUT2D eigenvalue weighted by Gasteiger charge is -2.04. The van der Waals surface area contributed by atoms with Crippen molar-refractivity contribution in [1.29, 1.82) is 0 Å². The molecule has 3 N–H and O–H groups in total. The first kappa shape index (κ1) is 12.8. The van der Waals surface area contributed by atoms with Crippen molar-refractivity contribution in [3.05, 3.63) is 46.4 Å². The van der Waals surface area contributed by atoms with Crippen LogP contribution in [0.15, 0.2) is 36.5 Å². The summed E-state index contributed by atoms with van der Waals surface area (Å²) in [6.07, 6.45) is 1.55. The summed E-state index contributed by atoms with van der Waals surface area (Å²) in [6, 6.07) is 8.61. The van der Waals surface area contributed by atoms with Gasteiger partial charge in [-0.05, 0) is 30.3 Å². The van der Waals surface area contributed by atoms with E-state index < -0.39 is 0 Å². The Morgan fingerprint density at radius 2 is 2.00 bits per heavy atom. The van der Waals surface area contributed by atoms with Gasteiger partial charge in [-0.15, -0.1) is 16.4 Å². The number of nitrogens with one attached hydrogen (secondary N) is 1. The van der Waals surface area contributed by atoms with Crippen molar-refractivity contribution in [1.82, 2.24) is 10.2 Å². The van der Waals surface area contributed by atoms with Crippen LogP contribution in [0.5, 0.6) is 0 Å². The molecule has 0 aliphatic heterocycles. The Morgan fingerprint density at radius 1 is 1.25 bits per heavy atom. The third-order valence-corrected chi connectivity index (χ3v) is 4.09. The number of anilines is 2. The highest BCUT2D eigenvalue weighted by Gasteiger charge is 2.17. The number of nitrogens with two attached hydrogens (primary N) is 1. The second-order valence-corrected chi connectivity index (χ2v) is 5.49. The van der Waals surface area contributed by atoms with Crippen molar-refractivity contribution in [2.24, 2.45) is 0 Å². The predicted molar refractivity (Wildman–Crippen MR) is 81.2 cm³/mol. The molecule has 3 rings (SSSR count). The van der Waals surface area contributed by atoms with Gasteiger partial charge >= 0.3 is 0 Å². The minimum Gasteiger partial charge on any atom is -0.397 e. The summed E-state index contributed by atoms with van der Waals surface area (Å²) in [5.74, 6) is -0.271. The van der Waals surface area contributed by atoms with E-state index in [1.165, 1.54) is 11.3 Å². The van der Waals surface area contributed by atoms with Crippen LogP contribution >= 0.6 is 22.9 Å². The zero-order chi connectivity index (χ0) is 14.1. The molecule has 0 bridgehead atoms. The maximum absolute atomic E-state index is 12.2. The molecule has 2 aromatic heterocycles. The summed E-state index contributed by atoms with van der Waals surface area (Å²) in [4.78, 5) is 13.3. The number of halogens is 1. The van der Waals surface area contributed by atoms with Crippen molar-refractivity contribution >= 4 is 50.4 Å². The molecule has 0 fully saturated rings. The van der Waals surface area contributed by atoms with E-state index in [0.717, 1.165) is 5.39 Å². The highest BCUT2D eigenvalue weighted by Crippen LogP contribution is 2.32. The van der Waals surface area contributed by atoms with Crippen LogP contribution in [0.4, 0.5) is 11.4 Å². The van der Waals surface area contributed by atoms with E-state index in [2.05, 4.69) is 15.5 Å². The molecule has 0 saturated heterocycles. The van der Waals surface area contributed by atoms with Crippen LogP contribution in [0.2, 0.25) is 5.02 Å². The van der Waals surface area contributed by atoms with Gasteiger partial charge in [-0.25, -0.2) is 0 Å². The normalized spacial score (nSPS) is 10.7. The number of carbonyl (C=O) groups excluding carboxylic acids is 1. The maximum Gasteiger partial charge on any atom is 0.267 e. The van der Waals surface area contributed by atoms with Gasteiger partial charge in [0.25, 0.3) is 5.91 Å². The second kappa shape index (κ2) is 5.07. The Bertz CT molecular complexity index is 785. The van der Waals surface area contributed by atoms with Crippen LogP contribution in [-0.2, 0) is 0 Å². The monoisotopic (exact) mass is 304 g/mol. The molecule has 3 aromatic rings. The van der Waals surface area contributed by atoms with Gasteiger partial charge in [-0.3, -0.25) is 4.79 Å². The average molecular weight is 305 g/mol. The van der Waals surface area contributed by atoms with E-state index in [-0.39, 0.29) is 5.91 Å². The van der Waals surface area contributed by atoms with Crippen LogP contribution in [-0.4, -0.2) is 16.1 Å². The SMILES string of the molecule is Nc1c(C(=O)Nc2ccc(Cl)cc2)sc2nnccc12. The molecule has 20 heavy (non-hydrogen) atoms. The Labute approximate surface area is 123 Å². The van der Waals surface area contributed by atoms with Gasteiger partial charge < -0.3 is 11.1 Å². The number of amides is 1. The van der Waals surface area contributed by atoms with Crippen LogP contribution in [0.1, 0.15) is 9.67 Å². The first-order valence-electron chi connectivity index (χ1n) is 5.72. The fraction of sp³-hybridized carbons (Fsp3) is 0. The minimum absolute atomic E-state index is 0.271. The molecule has 0 spiro atoms. The molecule has 0 aliphatic carbocycles. The molecular weight excluding hydrogens is 296 g/mol. The lowest BCUT2D eigenvalue weighted by atomic mass is 10.2. The number of rotatable bonds is 2. The Balaban J connectivity index is 1.92. The van der Waals surface area contributed by atoms with Crippen LogP contribution in [0.25, 0.3) is 10.2 Å². The largest absolute Gasteiger partial charge is 0.397 e. The Hall–Kier alpha value is -2.18.